The number of alkyl halides is 3. The summed E-state index contributed by atoms with van der Waals surface area (Å²) in [5.41, 5.74) is 3.39. The molecule has 1 aliphatic rings. The van der Waals surface area contributed by atoms with Crippen molar-refractivity contribution < 1.29 is 17.9 Å². The quantitative estimate of drug-likeness (QED) is 0.870. The molecule has 2 nitrogen and oxygen atoms in total. The smallest absolute Gasteiger partial charge is 0.416 e. The third kappa shape index (κ3) is 3.46. The van der Waals surface area contributed by atoms with E-state index in [0.29, 0.717) is 6.54 Å². The number of halogens is 4. The average molecular weight is 344 g/mol. The second-order valence-electron chi connectivity index (χ2n) is 5.27. The lowest BCUT2D eigenvalue weighted by molar-refractivity contribution is -0.137. The molecule has 3 rings (SSSR count). The van der Waals surface area contributed by atoms with Gasteiger partial charge in [-0.1, -0.05) is 18.2 Å². The standard InChI is InChI=1S/C17H16F3NO.ClH/c1-22-16-7-6-13(14-8-9-21-10-15(14)16)11-2-4-12(5-3-11)17(18,19)20;/h2-7,21H,8-10H2,1H3;1H. The Morgan fingerprint density at radius 2 is 1.70 bits per heavy atom. The molecule has 0 atom stereocenters. The monoisotopic (exact) mass is 343 g/mol. The van der Waals surface area contributed by atoms with E-state index in [2.05, 4.69) is 5.32 Å². The fraction of sp³-hybridized carbons (Fsp3) is 0.294. The van der Waals surface area contributed by atoms with Crippen molar-refractivity contribution in [2.75, 3.05) is 13.7 Å². The summed E-state index contributed by atoms with van der Waals surface area (Å²) in [6.45, 7) is 1.57. The van der Waals surface area contributed by atoms with Crippen molar-refractivity contribution in [3.8, 4) is 16.9 Å². The first-order valence-corrected chi connectivity index (χ1v) is 7.08. The topological polar surface area (TPSA) is 21.3 Å². The van der Waals surface area contributed by atoms with E-state index in [-0.39, 0.29) is 12.4 Å². The van der Waals surface area contributed by atoms with Gasteiger partial charge in [-0.3, -0.25) is 0 Å². The van der Waals surface area contributed by atoms with E-state index >= 15 is 0 Å². The summed E-state index contributed by atoms with van der Waals surface area (Å²) in [6.07, 6.45) is -3.47. The molecule has 0 spiro atoms. The number of rotatable bonds is 2. The molecule has 6 heteroatoms. The maximum Gasteiger partial charge on any atom is 0.416 e. The SMILES string of the molecule is COc1ccc(-c2ccc(C(F)(F)F)cc2)c2c1CNCC2.Cl. The highest BCUT2D eigenvalue weighted by atomic mass is 35.5. The van der Waals surface area contributed by atoms with Crippen LogP contribution in [0, 0.1) is 0 Å². The number of hydrogen-bond donors (Lipinski definition) is 1. The van der Waals surface area contributed by atoms with Crippen LogP contribution in [0.5, 0.6) is 5.75 Å². The molecule has 0 bridgehead atoms. The van der Waals surface area contributed by atoms with Gasteiger partial charge in [-0.15, -0.1) is 12.4 Å². The van der Waals surface area contributed by atoms with Gasteiger partial charge >= 0.3 is 6.18 Å². The number of benzene rings is 2. The van der Waals surface area contributed by atoms with E-state index in [9.17, 15) is 13.2 Å². The summed E-state index contributed by atoms with van der Waals surface area (Å²) in [5, 5.41) is 3.29. The van der Waals surface area contributed by atoms with Gasteiger partial charge in [0.2, 0.25) is 0 Å². The molecule has 124 valence electrons. The Morgan fingerprint density at radius 1 is 1.00 bits per heavy atom. The lowest BCUT2D eigenvalue weighted by atomic mass is 9.90. The summed E-state index contributed by atoms with van der Waals surface area (Å²) >= 11 is 0. The van der Waals surface area contributed by atoms with E-state index in [1.165, 1.54) is 12.1 Å². The van der Waals surface area contributed by atoms with Crippen LogP contribution < -0.4 is 10.1 Å². The second-order valence-corrected chi connectivity index (χ2v) is 5.27. The molecule has 1 aliphatic heterocycles. The van der Waals surface area contributed by atoms with Crippen molar-refractivity contribution in [2.24, 2.45) is 0 Å². The van der Waals surface area contributed by atoms with Crippen LogP contribution >= 0.6 is 12.4 Å². The summed E-state index contributed by atoms with van der Waals surface area (Å²) in [4.78, 5) is 0. The van der Waals surface area contributed by atoms with Gasteiger partial charge in [-0.25, -0.2) is 0 Å². The molecule has 0 unspecified atom stereocenters. The number of methoxy groups -OCH3 is 1. The van der Waals surface area contributed by atoms with Gasteiger partial charge in [-0.2, -0.15) is 13.2 Å². The highest BCUT2D eigenvalue weighted by Crippen LogP contribution is 2.36. The van der Waals surface area contributed by atoms with E-state index < -0.39 is 11.7 Å². The zero-order valence-electron chi connectivity index (χ0n) is 12.5. The average Bonchev–Trinajstić information content (AvgIpc) is 2.53. The molecule has 0 saturated carbocycles. The Bertz CT molecular complexity index is 683. The molecule has 0 aliphatic carbocycles. The first-order chi connectivity index (χ1) is 10.5. The van der Waals surface area contributed by atoms with Gasteiger partial charge in [0, 0.05) is 12.1 Å². The molecule has 1 heterocycles. The Labute approximate surface area is 139 Å². The lowest BCUT2D eigenvalue weighted by Crippen LogP contribution is -2.24. The first kappa shape index (κ1) is 17.6. The van der Waals surface area contributed by atoms with Gasteiger partial charge in [0.05, 0.1) is 12.7 Å². The van der Waals surface area contributed by atoms with Crippen LogP contribution in [0.3, 0.4) is 0 Å². The molecule has 0 amide bonds. The van der Waals surface area contributed by atoms with Gasteiger partial charge in [0.25, 0.3) is 0 Å². The molecule has 23 heavy (non-hydrogen) atoms. The predicted molar refractivity (Wildman–Crippen MR) is 86.1 cm³/mol. The van der Waals surface area contributed by atoms with Crippen LogP contribution in [0.4, 0.5) is 13.2 Å². The molecule has 0 fully saturated rings. The molecule has 0 radical (unpaired) electrons. The van der Waals surface area contributed by atoms with Crippen LogP contribution in [0.15, 0.2) is 36.4 Å². The Kier molecular flexibility index (Phi) is 5.22. The van der Waals surface area contributed by atoms with Crippen LogP contribution in [-0.4, -0.2) is 13.7 Å². The summed E-state index contributed by atoms with van der Waals surface area (Å²) in [7, 11) is 1.63. The van der Waals surface area contributed by atoms with Crippen molar-refractivity contribution in [1.82, 2.24) is 5.32 Å². The molecule has 2 aromatic carbocycles. The molecule has 2 aromatic rings. The zero-order valence-corrected chi connectivity index (χ0v) is 13.4. The lowest BCUT2D eigenvalue weighted by Gasteiger charge is -2.23. The number of hydrogen-bond acceptors (Lipinski definition) is 2. The Morgan fingerprint density at radius 3 is 2.30 bits per heavy atom. The summed E-state index contributed by atoms with van der Waals surface area (Å²) < 4.78 is 43.4. The number of nitrogens with one attached hydrogen (secondary N) is 1. The third-order valence-electron chi connectivity index (χ3n) is 3.98. The van der Waals surface area contributed by atoms with Crippen molar-refractivity contribution in [3.63, 3.8) is 0 Å². The van der Waals surface area contributed by atoms with Crippen molar-refractivity contribution in [1.29, 1.82) is 0 Å². The molecule has 1 N–H and O–H groups in total. The van der Waals surface area contributed by atoms with E-state index in [0.717, 1.165) is 53.1 Å². The van der Waals surface area contributed by atoms with Crippen LogP contribution in [0.25, 0.3) is 11.1 Å². The normalized spacial score (nSPS) is 13.9. The van der Waals surface area contributed by atoms with Gasteiger partial charge in [0.15, 0.2) is 0 Å². The van der Waals surface area contributed by atoms with Gasteiger partial charge in [-0.05, 0) is 47.9 Å². The van der Waals surface area contributed by atoms with Crippen LogP contribution in [0.2, 0.25) is 0 Å². The Hall–Kier alpha value is -1.72. The summed E-state index contributed by atoms with van der Waals surface area (Å²) in [5.74, 6) is 0.817. The largest absolute Gasteiger partial charge is 0.496 e. The molecule has 0 aromatic heterocycles. The number of fused-ring (bicyclic) bond motifs is 1. The van der Waals surface area contributed by atoms with Crippen molar-refractivity contribution in [3.05, 3.63) is 53.1 Å². The molecule has 0 saturated heterocycles. The van der Waals surface area contributed by atoms with Crippen LogP contribution in [0.1, 0.15) is 16.7 Å². The third-order valence-corrected chi connectivity index (χ3v) is 3.98. The molecular formula is C17H17ClF3NO. The molecular weight excluding hydrogens is 327 g/mol. The zero-order chi connectivity index (χ0) is 15.7. The highest BCUT2D eigenvalue weighted by Gasteiger charge is 2.30. The maximum atomic E-state index is 12.7. The predicted octanol–water partition coefficient (Wildman–Crippen LogP) is 4.45. The fourth-order valence-electron chi connectivity index (χ4n) is 2.88. The second kappa shape index (κ2) is 6.81. The maximum absolute atomic E-state index is 12.7. The van der Waals surface area contributed by atoms with Crippen LogP contribution in [-0.2, 0) is 19.1 Å². The first-order valence-electron chi connectivity index (χ1n) is 7.08. The minimum atomic E-state index is -4.30. The summed E-state index contributed by atoms with van der Waals surface area (Å²) in [6, 6.07) is 9.13. The fourth-order valence-corrected chi connectivity index (χ4v) is 2.88. The minimum absolute atomic E-state index is 0. The van der Waals surface area contributed by atoms with Gasteiger partial charge < -0.3 is 10.1 Å². The Balaban J connectivity index is 0.00000192. The van der Waals surface area contributed by atoms with Gasteiger partial charge in [0.1, 0.15) is 5.75 Å². The van der Waals surface area contributed by atoms with E-state index in [4.69, 9.17) is 4.74 Å². The number of ether oxygens (including phenoxy) is 1. The van der Waals surface area contributed by atoms with E-state index in [1.54, 1.807) is 7.11 Å². The van der Waals surface area contributed by atoms with Crippen molar-refractivity contribution >= 4 is 12.4 Å². The van der Waals surface area contributed by atoms with Crippen molar-refractivity contribution in [2.45, 2.75) is 19.1 Å². The minimum Gasteiger partial charge on any atom is -0.496 e. The highest BCUT2D eigenvalue weighted by molar-refractivity contribution is 5.85. The van der Waals surface area contributed by atoms with E-state index in [1.807, 2.05) is 12.1 Å².